The molecule has 1 unspecified atom stereocenters. The van der Waals surface area contributed by atoms with Crippen molar-refractivity contribution in [1.82, 2.24) is 0 Å². The van der Waals surface area contributed by atoms with Crippen LogP contribution >= 0.6 is 0 Å². The van der Waals surface area contributed by atoms with E-state index in [0.29, 0.717) is 25.2 Å². The van der Waals surface area contributed by atoms with Crippen molar-refractivity contribution < 1.29 is 14.3 Å². The number of nitrogens with two attached hydrogens (primary N) is 1. The molecule has 0 amide bonds. The van der Waals surface area contributed by atoms with Crippen molar-refractivity contribution in [1.29, 1.82) is 0 Å². The van der Waals surface area contributed by atoms with Gasteiger partial charge in [0.2, 0.25) is 0 Å². The first-order chi connectivity index (χ1) is 7.72. The molecule has 0 saturated carbocycles. The summed E-state index contributed by atoms with van der Waals surface area (Å²) in [7, 11) is 0. The van der Waals surface area contributed by atoms with Crippen LogP contribution in [0.2, 0.25) is 0 Å². The van der Waals surface area contributed by atoms with Gasteiger partial charge in [0.05, 0.1) is 12.2 Å². The summed E-state index contributed by atoms with van der Waals surface area (Å²) in [5.74, 6) is 0.435. The van der Waals surface area contributed by atoms with E-state index in [-0.39, 0.29) is 12.0 Å². The van der Waals surface area contributed by atoms with Gasteiger partial charge in [-0.05, 0) is 25.5 Å². The quantitative estimate of drug-likeness (QED) is 0.760. The summed E-state index contributed by atoms with van der Waals surface area (Å²) in [6.45, 7) is 2.66. The molecule has 4 nitrogen and oxygen atoms in total. The van der Waals surface area contributed by atoms with Crippen LogP contribution in [0.25, 0.3) is 0 Å². The fraction of sp³-hybridized carbons (Fsp3) is 0.417. The van der Waals surface area contributed by atoms with Crippen LogP contribution in [0.1, 0.15) is 22.8 Å². The van der Waals surface area contributed by atoms with Gasteiger partial charge >= 0.3 is 5.97 Å². The van der Waals surface area contributed by atoms with Crippen LogP contribution in [0.5, 0.6) is 5.75 Å². The number of esters is 1. The van der Waals surface area contributed by atoms with E-state index in [9.17, 15) is 4.79 Å². The molecule has 16 heavy (non-hydrogen) atoms. The molecule has 1 aliphatic rings. The normalized spacial score (nSPS) is 18.5. The van der Waals surface area contributed by atoms with Gasteiger partial charge in [-0.2, -0.15) is 0 Å². The molecule has 1 aromatic carbocycles. The Morgan fingerprint density at radius 3 is 3.19 bits per heavy atom. The number of benzene rings is 1. The van der Waals surface area contributed by atoms with E-state index >= 15 is 0 Å². The lowest BCUT2D eigenvalue weighted by atomic mass is 9.98. The Hall–Kier alpha value is -1.55. The molecule has 2 rings (SSSR count). The molecule has 2 N–H and O–H groups in total. The van der Waals surface area contributed by atoms with Gasteiger partial charge in [0.1, 0.15) is 12.4 Å². The standard InChI is InChI=1S/C12H15NO3/c1-2-15-12(14)9-4-3-5-11-10(9)6-8(13)7-16-11/h3-5,8H,2,6-7,13H2,1H3. The SMILES string of the molecule is CCOC(=O)c1cccc2c1CC(N)CO2. The maximum Gasteiger partial charge on any atom is 0.338 e. The van der Waals surface area contributed by atoms with Gasteiger partial charge in [-0.25, -0.2) is 4.79 Å². The minimum absolute atomic E-state index is 0.0527. The first-order valence-electron chi connectivity index (χ1n) is 5.39. The Kier molecular flexibility index (Phi) is 3.10. The van der Waals surface area contributed by atoms with Crippen molar-refractivity contribution in [2.45, 2.75) is 19.4 Å². The highest BCUT2D eigenvalue weighted by Crippen LogP contribution is 2.27. The third-order valence-corrected chi connectivity index (χ3v) is 2.55. The highest BCUT2D eigenvalue weighted by atomic mass is 16.5. The molecule has 0 saturated heterocycles. The predicted octanol–water partition coefficient (Wildman–Crippen LogP) is 1.13. The lowest BCUT2D eigenvalue weighted by Gasteiger charge is -2.23. The molecule has 0 bridgehead atoms. The Morgan fingerprint density at radius 2 is 2.44 bits per heavy atom. The maximum atomic E-state index is 11.7. The smallest absolute Gasteiger partial charge is 0.338 e. The summed E-state index contributed by atoms with van der Waals surface area (Å²) in [5, 5.41) is 0. The molecule has 0 aromatic heterocycles. The molecule has 0 radical (unpaired) electrons. The van der Waals surface area contributed by atoms with Gasteiger partial charge in [0.25, 0.3) is 0 Å². The van der Waals surface area contributed by atoms with Gasteiger partial charge in [0.15, 0.2) is 0 Å². The Morgan fingerprint density at radius 1 is 1.62 bits per heavy atom. The zero-order chi connectivity index (χ0) is 11.5. The number of hydrogen-bond donors (Lipinski definition) is 1. The summed E-state index contributed by atoms with van der Waals surface area (Å²) in [5.41, 5.74) is 7.24. The van der Waals surface area contributed by atoms with Crippen molar-refractivity contribution in [2.24, 2.45) is 5.73 Å². The number of carbonyl (C=O) groups is 1. The van der Waals surface area contributed by atoms with Crippen LogP contribution in [-0.2, 0) is 11.2 Å². The van der Waals surface area contributed by atoms with E-state index < -0.39 is 0 Å². The van der Waals surface area contributed by atoms with Crippen LogP contribution in [-0.4, -0.2) is 25.2 Å². The molecule has 4 heteroatoms. The van der Waals surface area contributed by atoms with Gasteiger partial charge in [-0.15, -0.1) is 0 Å². The van der Waals surface area contributed by atoms with E-state index in [1.54, 1.807) is 19.1 Å². The Balaban J connectivity index is 2.35. The minimum Gasteiger partial charge on any atom is -0.492 e. The first-order valence-corrected chi connectivity index (χ1v) is 5.39. The Labute approximate surface area is 94.3 Å². The molecule has 1 aromatic rings. The Bertz CT molecular complexity index is 403. The predicted molar refractivity (Wildman–Crippen MR) is 59.6 cm³/mol. The minimum atomic E-state index is -0.308. The van der Waals surface area contributed by atoms with Gasteiger partial charge in [-0.1, -0.05) is 6.07 Å². The van der Waals surface area contributed by atoms with Gasteiger partial charge in [0, 0.05) is 11.6 Å². The number of rotatable bonds is 2. The molecule has 1 atom stereocenters. The van der Waals surface area contributed by atoms with Crippen molar-refractivity contribution in [3.63, 3.8) is 0 Å². The summed E-state index contributed by atoms with van der Waals surface area (Å²) < 4.78 is 10.5. The van der Waals surface area contributed by atoms with E-state index in [1.165, 1.54) is 0 Å². The third kappa shape index (κ3) is 2.02. The van der Waals surface area contributed by atoms with E-state index in [2.05, 4.69) is 0 Å². The molecular formula is C12H15NO3. The second-order valence-electron chi connectivity index (χ2n) is 3.78. The molecule has 0 aliphatic carbocycles. The first kappa shape index (κ1) is 11.0. The molecule has 0 fully saturated rings. The zero-order valence-corrected chi connectivity index (χ0v) is 9.23. The lowest BCUT2D eigenvalue weighted by Crippen LogP contribution is -2.34. The maximum absolute atomic E-state index is 11.7. The summed E-state index contributed by atoms with van der Waals surface area (Å²) in [4.78, 5) is 11.7. The van der Waals surface area contributed by atoms with Crippen LogP contribution in [0.3, 0.4) is 0 Å². The summed E-state index contributed by atoms with van der Waals surface area (Å²) in [6, 6.07) is 5.34. The largest absolute Gasteiger partial charge is 0.492 e. The molecule has 0 spiro atoms. The van der Waals surface area contributed by atoms with Crippen molar-refractivity contribution in [3.05, 3.63) is 29.3 Å². The molecular weight excluding hydrogens is 206 g/mol. The number of ether oxygens (including phenoxy) is 2. The summed E-state index contributed by atoms with van der Waals surface area (Å²) in [6.07, 6.45) is 0.657. The average Bonchev–Trinajstić information content (AvgIpc) is 2.28. The molecule has 1 aliphatic heterocycles. The highest BCUT2D eigenvalue weighted by molar-refractivity contribution is 5.92. The van der Waals surface area contributed by atoms with Crippen LogP contribution in [0.4, 0.5) is 0 Å². The fourth-order valence-electron chi connectivity index (χ4n) is 1.83. The zero-order valence-electron chi connectivity index (χ0n) is 9.23. The van der Waals surface area contributed by atoms with Gasteiger partial charge in [-0.3, -0.25) is 0 Å². The van der Waals surface area contributed by atoms with Crippen LogP contribution in [0, 0.1) is 0 Å². The number of hydrogen-bond acceptors (Lipinski definition) is 4. The highest BCUT2D eigenvalue weighted by Gasteiger charge is 2.22. The van der Waals surface area contributed by atoms with Gasteiger partial charge < -0.3 is 15.2 Å². The topological polar surface area (TPSA) is 61.5 Å². The van der Waals surface area contributed by atoms with Crippen molar-refractivity contribution in [2.75, 3.05) is 13.2 Å². The second-order valence-corrected chi connectivity index (χ2v) is 3.78. The number of carbonyl (C=O) groups excluding carboxylic acids is 1. The average molecular weight is 221 g/mol. The monoisotopic (exact) mass is 221 g/mol. The van der Waals surface area contributed by atoms with Crippen LogP contribution < -0.4 is 10.5 Å². The van der Waals surface area contributed by atoms with E-state index in [1.807, 2.05) is 6.07 Å². The van der Waals surface area contributed by atoms with Crippen molar-refractivity contribution >= 4 is 5.97 Å². The third-order valence-electron chi connectivity index (χ3n) is 2.55. The lowest BCUT2D eigenvalue weighted by molar-refractivity contribution is 0.0523. The number of fused-ring (bicyclic) bond motifs is 1. The molecule has 1 heterocycles. The van der Waals surface area contributed by atoms with E-state index in [0.717, 1.165) is 11.3 Å². The van der Waals surface area contributed by atoms with Crippen molar-refractivity contribution in [3.8, 4) is 5.75 Å². The van der Waals surface area contributed by atoms with Crippen LogP contribution in [0.15, 0.2) is 18.2 Å². The van der Waals surface area contributed by atoms with E-state index in [4.69, 9.17) is 15.2 Å². The summed E-state index contributed by atoms with van der Waals surface area (Å²) >= 11 is 0. The fourth-order valence-corrected chi connectivity index (χ4v) is 1.83. The molecule has 86 valence electrons. The second kappa shape index (κ2) is 4.53.